The Kier molecular flexibility index (Phi) is 6.04. The number of rotatable bonds is 6. The standard InChI is InChI=1S/C22H23F4N2O3/c23-20(24)30-17-9-5-15(6-10-17)22(29)14-27-13-3-1-2-4-19(27)28(22)16-7-11-18(12-8-16)31-21(25)26/h5-12,20-21,29H,1-4,13-14H2/q+1/t22-/m1/s1. The van der Waals surface area contributed by atoms with Gasteiger partial charge in [0.25, 0.3) is 11.6 Å². The highest BCUT2D eigenvalue weighted by Gasteiger charge is 2.54. The van der Waals surface area contributed by atoms with Crippen LogP contribution in [0.3, 0.4) is 0 Å². The summed E-state index contributed by atoms with van der Waals surface area (Å²) in [4.78, 5) is 1.80. The highest BCUT2D eigenvalue weighted by Crippen LogP contribution is 2.39. The molecule has 166 valence electrons. The molecule has 0 amide bonds. The van der Waals surface area contributed by atoms with E-state index in [0.717, 1.165) is 38.1 Å². The molecule has 1 N–H and O–H groups in total. The van der Waals surface area contributed by atoms with Crippen LogP contribution in [0.2, 0.25) is 0 Å². The SMILES string of the molecule is O[C@@]1(c2ccc(OC(F)F)cc2)C[N+]2=C(CCCCC2)N1c1ccc(OC(F)F)cc1. The zero-order valence-electron chi connectivity index (χ0n) is 16.7. The van der Waals surface area contributed by atoms with Gasteiger partial charge in [-0.3, -0.25) is 4.58 Å². The van der Waals surface area contributed by atoms with Crippen molar-refractivity contribution in [2.45, 2.75) is 44.6 Å². The van der Waals surface area contributed by atoms with Crippen LogP contribution in [0.15, 0.2) is 48.5 Å². The van der Waals surface area contributed by atoms with E-state index in [1.165, 1.54) is 24.3 Å². The highest BCUT2D eigenvalue weighted by molar-refractivity contribution is 5.97. The van der Waals surface area contributed by atoms with Crippen LogP contribution in [-0.4, -0.2) is 41.8 Å². The van der Waals surface area contributed by atoms with Crippen molar-refractivity contribution in [2.24, 2.45) is 0 Å². The molecule has 5 nitrogen and oxygen atoms in total. The first-order valence-corrected chi connectivity index (χ1v) is 10.1. The monoisotopic (exact) mass is 439 g/mol. The summed E-state index contributed by atoms with van der Waals surface area (Å²) in [6, 6.07) is 12.0. The Morgan fingerprint density at radius 3 is 2.00 bits per heavy atom. The van der Waals surface area contributed by atoms with Crippen LogP contribution in [0.1, 0.15) is 31.2 Å². The van der Waals surface area contributed by atoms with Crippen LogP contribution in [0, 0.1) is 0 Å². The Morgan fingerprint density at radius 2 is 1.42 bits per heavy atom. The molecule has 2 heterocycles. The van der Waals surface area contributed by atoms with Crippen LogP contribution < -0.4 is 14.4 Å². The van der Waals surface area contributed by atoms with Gasteiger partial charge in [0.05, 0.1) is 6.54 Å². The molecule has 31 heavy (non-hydrogen) atoms. The number of hydrogen-bond donors (Lipinski definition) is 1. The molecule has 0 radical (unpaired) electrons. The topological polar surface area (TPSA) is 44.9 Å². The average molecular weight is 439 g/mol. The third kappa shape index (κ3) is 4.46. The summed E-state index contributed by atoms with van der Waals surface area (Å²) in [6.45, 7) is -4.77. The minimum atomic E-state index is -2.93. The molecule has 2 aliphatic heterocycles. The zero-order chi connectivity index (χ0) is 22.0. The molecular formula is C22H23F4N2O3+. The highest BCUT2D eigenvalue weighted by atomic mass is 19.3. The van der Waals surface area contributed by atoms with Crippen molar-refractivity contribution in [1.82, 2.24) is 0 Å². The summed E-state index contributed by atoms with van der Waals surface area (Å²) < 4.78 is 60.9. The third-order valence-corrected chi connectivity index (χ3v) is 5.59. The number of alkyl halides is 4. The summed E-state index contributed by atoms with van der Waals surface area (Å²) >= 11 is 0. The van der Waals surface area contributed by atoms with Crippen molar-refractivity contribution in [3.8, 4) is 11.5 Å². The van der Waals surface area contributed by atoms with E-state index < -0.39 is 18.9 Å². The molecule has 0 saturated heterocycles. The van der Waals surface area contributed by atoms with E-state index >= 15 is 0 Å². The molecule has 0 fully saturated rings. The molecule has 9 heteroatoms. The Hall–Kier alpha value is -2.81. The van der Waals surface area contributed by atoms with E-state index in [0.29, 0.717) is 17.8 Å². The molecule has 0 aromatic heterocycles. The maximum Gasteiger partial charge on any atom is 0.387 e. The van der Waals surface area contributed by atoms with Gasteiger partial charge < -0.3 is 14.6 Å². The molecule has 2 aromatic rings. The lowest BCUT2D eigenvalue weighted by molar-refractivity contribution is -0.534. The van der Waals surface area contributed by atoms with E-state index in [2.05, 4.69) is 14.0 Å². The van der Waals surface area contributed by atoms with Gasteiger partial charge in [-0.25, -0.2) is 0 Å². The number of benzene rings is 2. The first kappa shape index (κ1) is 21.4. The summed E-state index contributed by atoms with van der Waals surface area (Å²) in [7, 11) is 0. The van der Waals surface area contributed by atoms with Gasteiger partial charge in [0, 0.05) is 12.0 Å². The van der Waals surface area contributed by atoms with E-state index in [9.17, 15) is 22.7 Å². The summed E-state index contributed by atoms with van der Waals surface area (Å²) in [5.74, 6) is 0.968. The predicted molar refractivity (Wildman–Crippen MR) is 106 cm³/mol. The fourth-order valence-corrected chi connectivity index (χ4v) is 4.29. The van der Waals surface area contributed by atoms with Gasteiger partial charge in [-0.05, 0) is 67.8 Å². The van der Waals surface area contributed by atoms with Crippen LogP contribution in [0.5, 0.6) is 11.5 Å². The Bertz CT molecular complexity index is 935. The minimum absolute atomic E-state index is 0.00238. The predicted octanol–water partition coefficient (Wildman–Crippen LogP) is 4.54. The van der Waals surface area contributed by atoms with Crippen molar-refractivity contribution >= 4 is 11.5 Å². The van der Waals surface area contributed by atoms with Gasteiger partial charge in [-0.15, -0.1) is 0 Å². The summed E-state index contributed by atoms with van der Waals surface area (Å²) in [6.07, 6.45) is 3.79. The maximum atomic E-state index is 12.5. The molecule has 2 aliphatic rings. The second kappa shape index (κ2) is 8.74. The quantitative estimate of drug-likeness (QED) is 0.530. The van der Waals surface area contributed by atoms with Crippen molar-refractivity contribution < 1.29 is 36.7 Å². The molecule has 0 bridgehead atoms. The summed E-state index contributed by atoms with van der Waals surface area (Å²) in [5.41, 5.74) is -0.319. The van der Waals surface area contributed by atoms with Crippen molar-refractivity contribution in [3.05, 3.63) is 54.1 Å². The van der Waals surface area contributed by atoms with Gasteiger partial charge >= 0.3 is 13.2 Å². The average Bonchev–Trinajstić information content (AvgIpc) is 2.85. The Morgan fingerprint density at radius 1 is 0.839 bits per heavy atom. The van der Waals surface area contributed by atoms with Gasteiger partial charge in [-0.1, -0.05) is 0 Å². The van der Waals surface area contributed by atoms with Crippen LogP contribution in [-0.2, 0) is 5.72 Å². The molecule has 0 spiro atoms. The molecule has 2 aromatic carbocycles. The minimum Gasteiger partial charge on any atom is -0.435 e. The third-order valence-electron chi connectivity index (χ3n) is 5.59. The lowest BCUT2D eigenvalue weighted by atomic mass is 9.99. The molecule has 0 saturated carbocycles. The van der Waals surface area contributed by atoms with Gasteiger partial charge in [0.2, 0.25) is 0 Å². The van der Waals surface area contributed by atoms with Gasteiger partial charge in [0.15, 0.2) is 6.54 Å². The zero-order valence-corrected chi connectivity index (χ0v) is 16.7. The van der Waals surface area contributed by atoms with E-state index in [1.807, 2.05) is 0 Å². The number of halogens is 4. The summed E-state index contributed by atoms with van der Waals surface area (Å²) in [5, 5.41) is 11.8. The van der Waals surface area contributed by atoms with E-state index in [1.54, 1.807) is 29.2 Å². The fourth-order valence-electron chi connectivity index (χ4n) is 4.29. The van der Waals surface area contributed by atoms with Crippen molar-refractivity contribution in [2.75, 3.05) is 18.0 Å². The molecule has 0 aliphatic carbocycles. The molecule has 4 rings (SSSR count). The molecular weight excluding hydrogens is 416 g/mol. The van der Waals surface area contributed by atoms with E-state index in [-0.39, 0.29) is 11.5 Å². The number of anilines is 1. The molecule has 1 atom stereocenters. The van der Waals surface area contributed by atoms with Gasteiger partial charge in [-0.2, -0.15) is 22.5 Å². The fraction of sp³-hybridized carbons (Fsp3) is 0.409. The van der Waals surface area contributed by atoms with Crippen molar-refractivity contribution in [1.29, 1.82) is 0 Å². The lowest BCUT2D eigenvalue weighted by Crippen LogP contribution is -2.47. The van der Waals surface area contributed by atoms with Gasteiger partial charge in [0.1, 0.15) is 17.2 Å². The molecule has 0 unspecified atom stereocenters. The Labute approximate surface area is 177 Å². The first-order chi connectivity index (χ1) is 14.9. The van der Waals surface area contributed by atoms with E-state index in [4.69, 9.17) is 0 Å². The largest absolute Gasteiger partial charge is 0.435 e. The number of ether oxygens (including phenoxy) is 2. The lowest BCUT2D eigenvalue weighted by Gasteiger charge is -2.29. The number of hydrogen-bond acceptors (Lipinski definition) is 4. The van der Waals surface area contributed by atoms with Crippen LogP contribution in [0.4, 0.5) is 23.2 Å². The van der Waals surface area contributed by atoms with Crippen molar-refractivity contribution in [3.63, 3.8) is 0 Å². The maximum absolute atomic E-state index is 12.5. The van der Waals surface area contributed by atoms with Crippen LogP contribution in [0.25, 0.3) is 0 Å². The first-order valence-electron chi connectivity index (χ1n) is 10.1. The Balaban J connectivity index is 1.70. The van der Waals surface area contributed by atoms with Crippen LogP contribution >= 0.6 is 0 Å². The second-order valence-corrected chi connectivity index (χ2v) is 7.58. The normalized spacial score (nSPS) is 21.5. The number of aliphatic hydroxyl groups is 1. The smallest absolute Gasteiger partial charge is 0.387 e. The number of nitrogens with zero attached hydrogens (tertiary/aromatic N) is 2. The second-order valence-electron chi connectivity index (χ2n) is 7.58. The number of amidine groups is 1.